The third kappa shape index (κ3) is 4.72. The number of nitrogens with zero attached hydrogens (tertiary/aromatic N) is 5. The number of aromatic nitrogens is 4. The molecule has 2 aromatic heterocycles. The maximum absolute atomic E-state index is 12.0. The van der Waals surface area contributed by atoms with Crippen molar-refractivity contribution in [2.45, 2.75) is 32.7 Å². The van der Waals surface area contributed by atoms with Crippen molar-refractivity contribution >= 4 is 34.7 Å². The fraction of sp³-hybridized carbons (Fsp3) is 0.529. The number of amides is 4. The van der Waals surface area contributed by atoms with Gasteiger partial charge in [-0.2, -0.15) is 5.10 Å². The second-order valence-corrected chi connectivity index (χ2v) is 6.44. The van der Waals surface area contributed by atoms with Gasteiger partial charge in [-0.15, -0.1) is 0 Å². The van der Waals surface area contributed by atoms with Gasteiger partial charge in [-0.05, 0) is 6.42 Å². The smallest absolute Gasteiger partial charge is 0.324 e. The van der Waals surface area contributed by atoms with E-state index in [4.69, 9.17) is 0 Å². The molecule has 0 radical (unpaired) electrons. The molecule has 0 unspecified atom stereocenters. The topological polar surface area (TPSA) is 134 Å². The van der Waals surface area contributed by atoms with Gasteiger partial charge in [0.2, 0.25) is 11.8 Å². The summed E-state index contributed by atoms with van der Waals surface area (Å²) < 4.78 is 1.72. The number of rotatable bonds is 9. The van der Waals surface area contributed by atoms with Crippen LogP contribution in [-0.2, 0) is 16.1 Å². The summed E-state index contributed by atoms with van der Waals surface area (Å²) in [5, 5.41) is 13.5. The van der Waals surface area contributed by atoms with Gasteiger partial charge in [0.25, 0.3) is 0 Å². The molecule has 1 saturated heterocycles. The Morgan fingerprint density at radius 2 is 2.11 bits per heavy atom. The zero-order valence-corrected chi connectivity index (χ0v) is 15.8. The highest BCUT2D eigenvalue weighted by Crippen LogP contribution is 2.18. The minimum atomic E-state index is -0.445. The van der Waals surface area contributed by atoms with E-state index in [1.54, 1.807) is 10.9 Å². The maximum atomic E-state index is 12.0. The maximum Gasteiger partial charge on any atom is 0.324 e. The molecule has 4 amide bonds. The molecule has 1 aliphatic heterocycles. The van der Waals surface area contributed by atoms with E-state index >= 15 is 0 Å². The number of imide groups is 1. The Labute approximate surface area is 161 Å². The second kappa shape index (κ2) is 9.11. The molecule has 3 rings (SSSR count). The number of nitrogens with one attached hydrogen (secondary N) is 3. The van der Waals surface area contributed by atoms with Crippen molar-refractivity contribution < 1.29 is 14.4 Å². The molecular weight excluding hydrogens is 364 g/mol. The lowest BCUT2D eigenvalue weighted by molar-refractivity contribution is -0.121. The molecule has 150 valence electrons. The average molecular weight is 388 g/mol. The van der Waals surface area contributed by atoms with E-state index in [1.807, 2.05) is 0 Å². The van der Waals surface area contributed by atoms with Gasteiger partial charge >= 0.3 is 6.03 Å². The van der Waals surface area contributed by atoms with Crippen LogP contribution in [0.2, 0.25) is 0 Å². The van der Waals surface area contributed by atoms with E-state index in [9.17, 15) is 14.4 Å². The quantitative estimate of drug-likeness (QED) is 0.554. The molecule has 3 N–H and O–H groups in total. The highest BCUT2D eigenvalue weighted by Gasteiger charge is 2.22. The minimum absolute atomic E-state index is 0.166. The highest BCUT2D eigenvalue weighted by molar-refractivity contribution is 5.96. The monoisotopic (exact) mass is 388 g/mol. The first-order valence-corrected chi connectivity index (χ1v) is 9.34. The van der Waals surface area contributed by atoms with Crippen LogP contribution in [-0.4, -0.2) is 68.7 Å². The van der Waals surface area contributed by atoms with Crippen molar-refractivity contribution in [1.29, 1.82) is 0 Å². The predicted molar refractivity (Wildman–Crippen MR) is 101 cm³/mol. The largest absolute Gasteiger partial charge is 0.369 e. The number of anilines is 1. The normalized spacial score (nSPS) is 14.2. The summed E-state index contributed by atoms with van der Waals surface area (Å²) in [4.78, 5) is 44.8. The standard InChI is InChI=1S/C17H24N8O3/c1-2-5-19-15-12-10-22-25(16(12)21-11-20-15)9-6-18-13(26)3-7-24-8-4-14(27)23-17(24)28/h10-11H,2-9H2,1H3,(H,18,26)(H,19,20,21)(H,23,27,28). The van der Waals surface area contributed by atoms with Crippen LogP contribution in [0.5, 0.6) is 0 Å². The van der Waals surface area contributed by atoms with Gasteiger partial charge in [-0.3, -0.25) is 14.9 Å². The zero-order valence-electron chi connectivity index (χ0n) is 15.8. The van der Waals surface area contributed by atoms with Crippen molar-refractivity contribution in [2.75, 3.05) is 31.5 Å². The molecule has 1 aliphatic rings. The van der Waals surface area contributed by atoms with E-state index in [1.165, 1.54) is 11.2 Å². The third-order valence-electron chi connectivity index (χ3n) is 4.37. The Balaban J connectivity index is 1.46. The molecule has 1 fully saturated rings. The Kier molecular flexibility index (Phi) is 6.35. The summed E-state index contributed by atoms with van der Waals surface area (Å²) in [5.41, 5.74) is 0.706. The molecule has 2 aromatic rings. The van der Waals surface area contributed by atoms with Crippen LogP contribution in [0.4, 0.5) is 10.6 Å². The number of hydrogen-bond acceptors (Lipinski definition) is 7. The number of carbonyl (C=O) groups excluding carboxylic acids is 3. The fourth-order valence-electron chi connectivity index (χ4n) is 2.88. The second-order valence-electron chi connectivity index (χ2n) is 6.44. The van der Waals surface area contributed by atoms with Crippen molar-refractivity contribution in [1.82, 2.24) is 35.3 Å². The molecule has 3 heterocycles. The summed E-state index contributed by atoms with van der Waals surface area (Å²) in [7, 11) is 0. The lowest BCUT2D eigenvalue weighted by atomic mass is 10.3. The Morgan fingerprint density at radius 3 is 2.89 bits per heavy atom. The highest BCUT2D eigenvalue weighted by atomic mass is 16.2. The van der Waals surface area contributed by atoms with Gasteiger partial charge < -0.3 is 15.5 Å². The van der Waals surface area contributed by atoms with Crippen LogP contribution in [0.15, 0.2) is 12.5 Å². The first-order valence-electron chi connectivity index (χ1n) is 9.34. The van der Waals surface area contributed by atoms with E-state index in [2.05, 4.69) is 37.9 Å². The number of carbonyl (C=O) groups is 3. The average Bonchev–Trinajstić information content (AvgIpc) is 3.09. The first kappa shape index (κ1) is 19.5. The predicted octanol–water partition coefficient (Wildman–Crippen LogP) is 0.0964. The molecule has 0 atom stereocenters. The van der Waals surface area contributed by atoms with Gasteiger partial charge in [0.1, 0.15) is 12.1 Å². The van der Waals surface area contributed by atoms with Crippen LogP contribution in [0.3, 0.4) is 0 Å². The molecule has 0 aromatic carbocycles. The molecular formula is C17H24N8O3. The lowest BCUT2D eigenvalue weighted by Crippen LogP contribution is -2.50. The van der Waals surface area contributed by atoms with Crippen molar-refractivity contribution in [2.24, 2.45) is 0 Å². The van der Waals surface area contributed by atoms with Crippen molar-refractivity contribution in [3.8, 4) is 0 Å². The van der Waals surface area contributed by atoms with Crippen LogP contribution >= 0.6 is 0 Å². The SMILES string of the molecule is CCCNc1ncnc2c1cnn2CCNC(=O)CCN1CCC(=O)NC1=O. The number of fused-ring (bicyclic) bond motifs is 1. The molecule has 0 bridgehead atoms. The van der Waals surface area contributed by atoms with Gasteiger partial charge in [-0.1, -0.05) is 6.92 Å². The minimum Gasteiger partial charge on any atom is -0.369 e. The number of hydrogen-bond donors (Lipinski definition) is 3. The van der Waals surface area contributed by atoms with E-state index in [0.717, 1.165) is 24.2 Å². The molecule has 0 aliphatic carbocycles. The summed E-state index contributed by atoms with van der Waals surface area (Å²) in [6.45, 7) is 4.37. The van der Waals surface area contributed by atoms with Gasteiger partial charge in [0.05, 0.1) is 18.1 Å². The summed E-state index contributed by atoms with van der Waals surface area (Å²) in [5.74, 6) is 0.301. The fourth-order valence-corrected chi connectivity index (χ4v) is 2.88. The lowest BCUT2D eigenvalue weighted by Gasteiger charge is -2.26. The summed E-state index contributed by atoms with van der Waals surface area (Å²) >= 11 is 0. The van der Waals surface area contributed by atoms with Gasteiger partial charge in [-0.25, -0.2) is 19.4 Å². The zero-order chi connectivity index (χ0) is 19.9. The van der Waals surface area contributed by atoms with Crippen molar-refractivity contribution in [3.63, 3.8) is 0 Å². The van der Waals surface area contributed by atoms with E-state index < -0.39 is 6.03 Å². The first-order chi connectivity index (χ1) is 13.6. The molecule has 0 saturated carbocycles. The van der Waals surface area contributed by atoms with E-state index in [-0.39, 0.29) is 31.2 Å². The van der Waals surface area contributed by atoms with Crippen LogP contribution in [0.25, 0.3) is 11.0 Å². The van der Waals surface area contributed by atoms with E-state index in [0.29, 0.717) is 25.3 Å². The summed E-state index contributed by atoms with van der Waals surface area (Å²) in [6, 6.07) is -0.445. The van der Waals surface area contributed by atoms with Gasteiger partial charge in [0.15, 0.2) is 5.65 Å². The van der Waals surface area contributed by atoms with Crippen molar-refractivity contribution in [3.05, 3.63) is 12.5 Å². The molecule has 11 heteroatoms. The molecule has 11 nitrogen and oxygen atoms in total. The van der Waals surface area contributed by atoms with Crippen LogP contribution in [0, 0.1) is 0 Å². The van der Waals surface area contributed by atoms with Crippen LogP contribution < -0.4 is 16.0 Å². The Hall–Kier alpha value is -3.24. The Bertz CT molecular complexity index is 865. The number of urea groups is 1. The third-order valence-corrected chi connectivity index (χ3v) is 4.37. The molecule has 28 heavy (non-hydrogen) atoms. The van der Waals surface area contributed by atoms with Crippen LogP contribution in [0.1, 0.15) is 26.2 Å². The Morgan fingerprint density at radius 1 is 1.25 bits per heavy atom. The van der Waals surface area contributed by atoms with Gasteiger partial charge in [0, 0.05) is 39.0 Å². The summed E-state index contributed by atoms with van der Waals surface area (Å²) in [6.07, 6.45) is 4.63. The molecule has 0 spiro atoms.